The maximum atomic E-state index is 12.5. The number of hydrogen-bond acceptors (Lipinski definition) is 3. The molecule has 3 fully saturated rings. The summed E-state index contributed by atoms with van der Waals surface area (Å²) in [5.74, 6) is 1.98. The van der Waals surface area contributed by atoms with Crippen LogP contribution in [-0.2, 0) is 0 Å². The lowest BCUT2D eigenvalue weighted by Gasteiger charge is -2.42. The predicted molar refractivity (Wildman–Crippen MR) is 120 cm³/mol. The second kappa shape index (κ2) is 8.76. The molecule has 0 atom stereocenters. The van der Waals surface area contributed by atoms with E-state index in [1.165, 1.54) is 62.9 Å². The van der Waals surface area contributed by atoms with Crippen LogP contribution in [0.15, 0.2) is 48.8 Å². The van der Waals surface area contributed by atoms with E-state index in [0.717, 1.165) is 24.7 Å². The van der Waals surface area contributed by atoms with Crippen molar-refractivity contribution in [2.75, 3.05) is 38.0 Å². The van der Waals surface area contributed by atoms with Crippen LogP contribution in [0.25, 0.3) is 0 Å². The number of benzene rings is 1. The lowest BCUT2D eigenvalue weighted by atomic mass is 9.86. The molecule has 30 heavy (non-hydrogen) atoms. The van der Waals surface area contributed by atoms with Gasteiger partial charge < -0.3 is 15.1 Å². The molecule has 0 unspecified atom stereocenters. The van der Waals surface area contributed by atoms with E-state index in [1.54, 1.807) is 6.20 Å². The molecule has 1 aliphatic carbocycles. The molecular weight excluding hydrogens is 372 g/mol. The topological polar surface area (TPSA) is 48.5 Å². The summed E-state index contributed by atoms with van der Waals surface area (Å²) in [7, 11) is 0. The molecule has 0 spiro atoms. The minimum Gasteiger partial charge on any atom is -0.323 e. The van der Waals surface area contributed by atoms with E-state index in [4.69, 9.17) is 0 Å². The van der Waals surface area contributed by atoms with Crippen LogP contribution in [0.4, 0.5) is 10.5 Å². The highest BCUT2D eigenvalue weighted by atomic mass is 16.2. The van der Waals surface area contributed by atoms with Gasteiger partial charge in [-0.05, 0) is 48.1 Å². The van der Waals surface area contributed by atoms with Crippen molar-refractivity contribution in [2.45, 2.75) is 43.9 Å². The van der Waals surface area contributed by atoms with Crippen molar-refractivity contribution < 1.29 is 4.79 Å². The Kier molecular flexibility index (Phi) is 5.71. The summed E-state index contributed by atoms with van der Waals surface area (Å²) in [4.78, 5) is 21.1. The number of anilines is 1. The number of carbonyl (C=O) groups excluding carboxylic acids is 1. The number of carbonyl (C=O) groups is 1. The van der Waals surface area contributed by atoms with Crippen molar-refractivity contribution in [3.8, 4) is 0 Å². The molecule has 3 heterocycles. The van der Waals surface area contributed by atoms with Crippen LogP contribution >= 0.6 is 0 Å². The SMILES string of the molecule is O=C(Nc1ccc(C2CN(CC3CCCCC3)C2)cc1)N1CC(c2cccnc2)C1. The van der Waals surface area contributed by atoms with Gasteiger partial charge in [-0.15, -0.1) is 0 Å². The Bertz CT molecular complexity index is 835. The molecule has 1 aromatic carbocycles. The Labute approximate surface area is 179 Å². The second-order valence-electron chi connectivity index (χ2n) is 9.36. The van der Waals surface area contributed by atoms with Gasteiger partial charge in [0, 0.05) is 62.6 Å². The Hall–Kier alpha value is -2.40. The molecule has 2 aliphatic heterocycles. The van der Waals surface area contributed by atoms with Crippen LogP contribution < -0.4 is 5.32 Å². The smallest absolute Gasteiger partial charge is 0.321 e. The first-order valence-electron chi connectivity index (χ1n) is 11.5. The molecular formula is C25H32N4O. The third kappa shape index (κ3) is 4.36. The third-order valence-electron chi connectivity index (χ3n) is 7.16. The summed E-state index contributed by atoms with van der Waals surface area (Å²) < 4.78 is 0. The molecule has 0 bridgehead atoms. The lowest BCUT2D eigenvalue weighted by molar-refractivity contribution is 0.111. The van der Waals surface area contributed by atoms with Crippen LogP contribution in [0, 0.1) is 5.92 Å². The Balaban J connectivity index is 1.06. The molecule has 2 amide bonds. The van der Waals surface area contributed by atoms with Gasteiger partial charge in [0.25, 0.3) is 0 Å². The number of amides is 2. The summed E-state index contributed by atoms with van der Waals surface area (Å²) in [6.07, 6.45) is 10.8. The molecule has 5 rings (SSSR count). The molecule has 2 saturated heterocycles. The maximum absolute atomic E-state index is 12.5. The van der Waals surface area contributed by atoms with Gasteiger partial charge in [-0.25, -0.2) is 4.79 Å². The molecule has 3 aliphatic rings. The van der Waals surface area contributed by atoms with Crippen LogP contribution in [0.2, 0.25) is 0 Å². The highest BCUT2D eigenvalue weighted by Gasteiger charge is 2.32. The fourth-order valence-electron chi connectivity index (χ4n) is 5.18. The first-order valence-corrected chi connectivity index (χ1v) is 11.5. The zero-order valence-electron chi connectivity index (χ0n) is 17.7. The Morgan fingerprint density at radius 1 is 0.933 bits per heavy atom. The molecule has 1 N–H and O–H groups in total. The fourth-order valence-corrected chi connectivity index (χ4v) is 5.18. The zero-order chi connectivity index (χ0) is 20.3. The van der Waals surface area contributed by atoms with Crippen molar-refractivity contribution in [2.24, 2.45) is 5.92 Å². The normalized spacial score (nSPS) is 21.1. The van der Waals surface area contributed by atoms with Gasteiger partial charge in [-0.2, -0.15) is 0 Å². The van der Waals surface area contributed by atoms with Crippen LogP contribution in [0.3, 0.4) is 0 Å². The summed E-state index contributed by atoms with van der Waals surface area (Å²) in [5.41, 5.74) is 3.49. The highest BCUT2D eigenvalue weighted by molar-refractivity contribution is 5.90. The van der Waals surface area contributed by atoms with Crippen LogP contribution in [0.5, 0.6) is 0 Å². The van der Waals surface area contributed by atoms with E-state index in [0.29, 0.717) is 11.8 Å². The number of aromatic nitrogens is 1. The van der Waals surface area contributed by atoms with Crippen molar-refractivity contribution in [1.29, 1.82) is 0 Å². The zero-order valence-corrected chi connectivity index (χ0v) is 17.7. The largest absolute Gasteiger partial charge is 0.323 e. The van der Waals surface area contributed by atoms with E-state index < -0.39 is 0 Å². The highest BCUT2D eigenvalue weighted by Crippen LogP contribution is 2.32. The number of likely N-dealkylation sites (tertiary alicyclic amines) is 2. The number of rotatable bonds is 5. The number of hydrogen-bond donors (Lipinski definition) is 1. The van der Waals surface area contributed by atoms with E-state index in [1.807, 2.05) is 17.2 Å². The Morgan fingerprint density at radius 2 is 1.67 bits per heavy atom. The molecule has 1 saturated carbocycles. The van der Waals surface area contributed by atoms with Crippen molar-refractivity contribution in [3.05, 3.63) is 59.9 Å². The minimum absolute atomic E-state index is 0.00908. The van der Waals surface area contributed by atoms with Gasteiger partial charge in [-0.3, -0.25) is 4.98 Å². The van der Waals surface area contributed by atoms with Gasteiger partial charge in [-0.1, -0.05) is 37.5 Å². The Morgan fingerprint density at radius 3 is 2.37 bits per heavy atom. The van der Waals surface area contributed by atoms with E-state index in [-0.39, 0.29) is 6.03 Å². The molecule has 5 heteroatoms. The van der Waals surface area contributed by atoms with Crippen LogP contribution in [-0.4, -0.2) is 53.5 Å². The molecule has 0 radical (unpaired) electrons. The molecule has 5 nitrogen and oxygen atoms in total. The number of nitrogens with one attached hydrogen (secondary N) is 1. The average molecular weight is 405 g/mol. The monoisotopic (exact) mass is 404 g/mol. The molecule has 158 valence electrons. The summed E-state index contributed by atoms with van der Waals surface area (Å²) in [6.45, 7) is 5.18. The second-order valence-corrected chi connectivity index (χ2v) is 9.36. The standard InChI is InChI=1S/C25H32N4O/c30-25(29-17-23(18-29)21-7-4-12-26-13-21)27-24-10-8-20(9-11-24)22-15-28(16-22)14-19-5-2-1-3-6-19/h4,7-13,19,22-23H,1-3,5-6,14-18H2,(H,27,30). The average Bonchev–Trinajstić information content (AvgIpc) is 2.72. The first-order chi connectivity index (χ1) is 14.7. The predicted octanol–water partition coefficient (Wildman–Crippen LogP) is 4.69. The number of urea groups is 1. The van der Waals surface area contributed by atoms with Crippen molar-refractivity contribution >= 4 is 11.7 Å². The van der Waals surface area contributed by atoms with Gasteiger partial charge in [0.05, 0.1) is 0 Å². The minimum atomic E-state index is -0.00908. The molecule has 2 aromatic rings. The molecule has 1 aromatic heterocycles. The van der Waals surface area contributed by atoms with Gasteiger partial charge >= 0.3 is 6.03 Å². The summed E-state index contributed by atoms with van der Waals surface area (Å²) in [5, 5.41) is 3.04. The number of nitrogens with zero attached hydrogens (tertiary/aromatic N) is 3. The van der Waals surface area contributed by atoms with E-state index >= 15 is 0 Å². The van der Waals surface area contributed by atoms with Gasteiger partial charge in [0.15, 0.2) is 0 Å². The first kappa shape index (κ1) is 19.6. The number of pyridine rings is 1. The summed E-state index contributed by atoms with van der Waals surface area (Å²) >= 11 is 0. The van der Waals surface area contributed by atoms with E-state index in [2.05, 4.69) is 45.5 Å². The third-order valence-corrected chi connectivity index (χ3v) is 7.16. The maximum Gasteiger partial charge on any atom is 0.321 e. The van der Waals surface area contributed by atoms with Crippen LogP contribution in [0.1, 0.15) is 55.1 Å². The van der Waals surface area contributed by atoms with Gasteiger partial charge in [0.1, 0.15) is 0 Å². The van der Waals surface area contributed by atoms with Gasteiger partial charge in [0.2, 0.25) is 0 Å². The van der Waals surface area contributed by atoms with E-state index in [9.17, 15) is 4.79 Å². The lowest BCUT2D eigenvalue weighted by Crippen LogP contribution is -2.50. The van der Waals surface area contributed by atoms with Crippen molar-refractivity contribution in [1.82, 2.24) is 14.8 Å². The quantitative estimate of drug-likeness (QED) is 0.786. The summed E-state index contributed by atoms with van der Waals surface area (Å²) in [6, 6.07) is 12.5. The van der Waals surface area contributed by atoms with Crippen molar-refractivity contribution in [3.63, 3.8) is 0 Å². The fraction of sp³-hybridized carbons (Fsp3) is 0.520.